The van der Waals surface area contributed by atoms with Crippen LogP contribution in [0.15, 0.2) is 47.6 Å². The zero-order valence-electron chi connectivity index (χ0n) is 13.6. The fourth-order valence-electron chi connectivity index (χ4n) is 2.03. The van der Waals surface area contributed by atoms with Gasteiger partial charge in [0.2, 0.25) is 0 Å². The van der Waals surface area contributed by atoms with Gasteiger partial charge in [-0.05, 0) is 24.3 Å². The zero-order valence-corrected chi connectivity index (χ0v) is 15.2. The maximum absolute atomic E-state index is 12.5. The molecule has 0 saturated carbocycles. The molecular formula is C18H21ClN2OS. The molecule has 1 heterocycles. The second kappa shape index (κ2) is 7.84. The molecule has 1 aromatic carbocycles. The summed E-state index contributed by atoms with van der Waals surface area (Å²) >= 11 is 7.39. The average Bonchev–Trinajstić information content (AvgIpc) is 2.92. The van der Waals surface area contributed by atoms with Crippen LogP contribution < -0.4 is 0 Å². The number of hydrogen-bond donors (Lipinski definition) is 0. The van der Waals surface area contributed by atoms with Gasteiger partial charge in [-0.3, -0.25) is 9.48 Å². The summed E-state index contributed by atoms with van der Waals surface area (Å²) < 4.78 is 1.82. The van der Waals surface area contributed by atoms with Crippen molar-refractivity contribution in [3.05, 3.63) is 53.9 Å². The van der Waals surface area contributed by atoms with Gasteiger partial charge in [-0.25, -0.2) is 0 Å². The molecule has 23 heavy (non-hydrogen) atoms. The van der Waals surface area contributed by atoms with Gasteiger partial charge in [0, 0.05) is 32.8 Å². The van der Waals surface area contributed by atoms with Crippen LogP contribution in [0.2, 0.25) is 0 Å². The second-order valence-electron chi connectivity index (χ2n) is 6.13. The molecule has 0 spiro atoms. The van der Waals surface area contributed by atoms with Crippen molar-refractivity contribution in [1.82, 2.24) is 9.78 Å². The van der Waals surface area contributed by atoms with E-state index in [1.165, 1.54) is 0 Å². The van der Waals surface area contributed by atoms with E-state index in [1.807, 2.05) is 30.5 Å². The van der Waals surface area contributed by atoms with E-state index in [4.69, 9.17) is 11.6 Å². The lowest BCUT2D eigenvalue weighted by Crippen LogP contribution is -2.08. The van der Waals surface area contributed by atoms with E-state index < -0.39 is 0 Å². The number of carbonyl (C=O) groups is 1. The fraction of sp³-hybridized carbons (Fsp3) is 0.333. The Hall–Kier alpha value is -1.52. The van der Waals surface area contributed by atoms with Crippen LogP contribution in [0, 0.1) is 0 Å². The van der Waals surface area contributed by atoms with Gasteiger partial charge in [-0.1, -0.05) is 32.9 Å². The number of rotatable bonds is 6. The van der Waals surface area contributed by atoms with E-state index in [-0.39, 0.29) is 10.5 Å². The molecule has 2 rings (SSSR count). The van der Waals surface area contributed by atoms with E-state index in [1.54, 1.807) is 34.8 Å². The summed E-state index contributed by atoms with van der Waals surface area (Å²) in [5, 5.41) is 4.19. The highest BCUT2D eigenvalue weighted by molar-refractivity contribution is 8.00. The first-order valence-corrected chi connectivity index (χ1v) is 8.83. The predicted molar refractivity (Wildman–Crippen MR) is 98.4 cm³/mol. The molecule has 0 saturated heterocycles. The van der Waals surface area contributed by atoms with Crippen molar-refractivity contribution >= 4 is 35.2 Å². The van der Waals surface area contributed by atoms with E-state index in [9.17, 15) is 4.79 Å². The van der Waals surface area contributed by atoms with Crippen LogP contribution in [-0.4, -0.2) is 26.2 Å². The summed E-state index contributed by atoms with van der Waals surface area (Å²) in [5.41, 5.74) is 1.63. The number of aryl methyl sites for hydroxylation is 1. The Morgan fingerprint density at radius 2 is 2.09 bits per heavy atom. The zero-order chi connectivity index (χ0) is 16.9. The van der Waals surface area contributed by atoms with Crippen molar-refractivity contribution in [3.8, 4) is 0 Å². The molecule has 0 unspecified atom stereocenters. The Morgan fingerprint density at radius 1 is 1.35 bits per heavy atom. The highest BCUT2D eigenvalue weighted by Gasteiger charge is 2.16. The molecule has 0 atom stereocenters. The molecule has 0 N–H and O–H groups in total. The Bertz CT molecular complexity index is 701. The Morgan fingerprint density at radius 3 is 2.78 bits per heavy atom. The van der Waals surface area contributed by atoms with Gasteiger partial charge in [-0.15, -0.1) is 23.4 Å². The van der Waals surface area contributed by atoms with E-state index in [2.05, 4.69) is 25.9 Å². The number of hydrogen-bond acceptors (Lipinski definition) is 3. The molecule has 0 amide bonds. The van der Waals surface area contributed by atoms with Crippen LogP contribution >= 0.6 is 23.4 Å². The van der Waals surface area contributed by atoms with E-state index in [0.29, 0.717) is 12.4 Å². The lowest BCUT2D eigenvalue weighted by molar-refractivity contribution is 0.104. The van der Waals surface area contributed by atoms with Gasteiger partial charge in [0.15, 0.2) is 5.78 Å². The first-order chi connectivity index (χ1) is 10.9. The van der Waals surface area contributed by atoms with Crippen LogP contribution in [0.1, 0.15) is 36.7 Å². The molecule has 0 bridgehead atoms. The third kappa shape index (κ3) is 5.56. The minimum Gasteiger partial charge on any atom is -0.289 e. The lowest BCUT2D eigenvalue weighted by Gasteiger charge is -2.19. The number of nitrogens with zero attached hydrogens (tertiary/aromatic N) is 2. The molecular weight excluding hydrogens is 328 g/mol. The van der Waals surface area contributed by atoms with Gasteiger partial charge in [0.05, 0.1) is 12.7 Å². The summed E-state index contributed by atoms with van der Waals surface area (Å²) in [4.78, 5) is 13.5. The summed E-state index contributed by atoms with van der Waals surface area (Å²) in [7, 11) is 0. The highest BCUT2D eigenvalue weighted by Crippen LogP contribution is 2.34. The molecule has 0 radical (unpaired) electrons. The molecule has 1 aromatic heterocycles. The number of thioether (sulfide) groups is 1. The summed E-state index contributed by atoms with van der Waals surface area (Å²) in [6.07, 6.45) is 7.00. The molecule has 122 valence electrons. The molecule has 2 aromatic rings. The number of halogens is 1. The van der Waals surface area contributed by atoms with E-state index in [0.717, 1.165) is 16.0 Å². The third-order valence-electron chi connectivity index (χ3n) is 2.96. The fourth-order valence-corrected chi connectivity index (χ4v) is 3.28. The first-order valence-electron chi connectivity index (χ1n) is 7.48. The van der Waals surface area contributed by atoms with Crippen LogP contribution in [0.25, 0.3) is 6.08 Å². The minimum absolute atomic E-state index is 0.00226. The number of alkyl halides is 1. The normalized spacial score (nSPS) is 12.0. The van der Waals surface area contributed by atoms with Crippen LogP contribution in [-0.2, 0) is 6.54 Å². The maximum Gasteiger partial charge on any atom is 0.186 e. The topological polar surface area (TPSA) is 34.9 Å². The number of allylic oxidation sites excluding steroid dienone is 1. The molecule has 0 aliphatic rings. The third-order valence-corrected chi connectivity index (χ3v) is 4.32. The predicted octanol–water partition coefficient (Wildman–Crippen LogP) is 4.91. The Labute approximate surface area is 146 Å². The van der Waals surface area contributed by atoms with Crippen molar-refractivity contribution in [2.75, 3.05) is 5.88 Å². The smallest absolute Gasteiger partial charge is 0.186 e. The van der Waals surface area contributed by atoms with Gasteiger partial charge in [-0.2, -0.15) is 5.10 Å². The van der Waals surface area contributed by atoms with Crippen LogP contribution in [0.5, 0.6) is 0 Å². The Balaban J connectivity index is 2.15. The standard InChI is InChI=1S/C18H21ClN2OS/c1-18(2,3)23-17-7-5-4-6-15(17)16(22)9-8-14-12-20-21(13-14)11-10-19/h4-9,12-13H,10-11H2,1-3H3/b9-8+. The summed E-state index contributed by atoms with van der Waals surface area (Å²) in [6, 6.07) is 7.73. The first kappa shape index (κ1) is 17.8. The van der Waals surface area contributed by atoms with Gasteiger partial charge < -0.3 is 0 Å². The van der Waals surface area contributed by atoms with Crippen molar-refractivity contribution < 1.29 is 4.79 Å². The number of ketones is 1. The minimum atomic E-state index is 0.00226. The molecule has 3 nitrogen and oxygen atoms in total. The van der Waals surface area contributed by atoms with E-state index >= 15 is 0 Å². The average molecular weight is 349 g/mol. The molecule has 0 fully saturated rings. The molecule has 0 aliphatic heterocycles. The maximum atomic E-state index is 12.5. The summed E-state index contributed by atoms with van der Waals surface area (Å²) in [5.74, 6) is 0.517. The highest BCUT2D eigenvalue weighted by atomic mass is 35.5. The SMILES string of the molecule is CC(C)(C)Sc1ccccc1C(=O)/C=C/c1cnn(CCCl)c1. The number of aromatic nitrogens is 2. The van der Waals surface area contributed by atoms with Crippen molar-refractivity contribution in [2.24, 2.45) is 0 Å². The second-order valence-corrected chi connectivity index (χ2v) is 8.38. The van der Waals surface area contributed by atoms with Crippen molar-refractivity contribution in [1.29, 1.82) is 0 Å². The van der Waals surface area contributed by atoms with Gasteiger partial charge in [0.25, 0.3) is 0 Å². The Kier molecular flexibility index (Phi) is 6.08. The van der Waals surface area contributed by atoms with Crippen LogP contribution in [0.3, 0.4) is 0 Å². The molecule has 0 aliphatic carbocycles. The van der Waals surface area contributed by atoms with Crippen molar-refractivity contribution in [2.45, 2.75) is 37.0 Å². The lowest BCUT2D eigenvalue weighted by atomic mass is 10.1. The van der Waals surface area contributed by atoms with Crippen molar-refractivity contribution in [3.63, 3.8) is 0 Å². The van der Waals surface area contributed by atoms with Gasteiger partial charge in [0.1, 0.15) is 0 Å². The largest absolute Gasteiger partial charge is 0.289 e. The monoisotopic (exact) mass is 348 g/mol. The molecule has 5 heteroatoms. The van der Waals surface area contributed by atoms with Gasteiger partial charge >= 0.3 is 0 Å². The number of benzene rings is 1. The van der Waals surface area contributed by atoms with Crippen LogP contribution in [0.4, 0.5) is 0 Å². The summed E-state index contributed by atoms with van der Waals surface area (Å²) in [6.45, 7) is 7.08. The quantitative estimate of drug-likeness (QED) is 0.322. The number of carbonyl (C=O) groups excluding carboxylic acids is 1.